The number of anilines is 1. The number of benzene rings is 1. The molecule has 0 unspecified atom stereocenters. The fourth-order valence-electron chi connectivity index (χ4n) is 1.46. The Kier molecular flexibility index (Phi) is 3.15. The van der Waals surface area contributed by atoms with Crippen molar-refractivity contribution in [2.75, 3.05) is 12.8 Å². The molecule has 2 aromatic rings. The Morgan fingerprint density at radius 1 is 1.37 bits per heavy atom. The molecule has 0 spiro atoms. The molecule has 4 N–H and O–H groups in total. The first-order valence-corrected chi connectivity index (χ1v) is 5.22. The number of carbonyl (C=O) groups excluding carboxylic acids is 2. The van der Waals surface area contributed by atoms with Gasteiger partial charge in [0.1, 0.15) is 6.33 Å². The largest absolute Gasteiger partial charge is 0.463 e. The Labute approximate surface area is 108 Å². The van der Waals surface area contributed by atoms with E-state index >= 15 is 0 Å². The minimum Gasteiger partial charge on any atom is -0.463 e. The van der Waals surface area contributed by atoms with Gasteiger partial charge in [0.25, 0.3) is 5.82 Å². The van der Waals surface area contributed by atoms with E-state index in [1.807, 2.05) is 0 Å². The van der Waals surface area contributed by atoms with Gasteiger partial charge in [0, 0.05) is 5.56 Å². The molecule has 8 nitrogen and oxygen atoms in total. The summed E-state index contributed by atoms with van der Waals surface area (Å²) in [5, 5.41) is 3.91. The van der Waals surface area contributed by atoms with Gasteiger partial charge in [-0.25, -0.2) is 14.5 Å². The first kappa shape index (κ1) is 12.6. The molecule has 1 amide bonds. The predicted molar refractivity (Wildman–Crippen MR) is 65.6 cm³/mol. The molecular weight excluding hydrogens is 250 g/mol. The number of methoxy groups -OCH3 is 1. The first-order chi connectivity index (χ1) is 9.02. The summed E-state index contributed by atoms with van der Waals surface area (Å²) in [6, 6.07) is 4.49. The van der Waals surface area contributed by atoms with Crippen LogP contribution in [0.2, 0.25) is 0 Å². The van der Waals surface area contributed by atoms with Gasteiger partial charge in [-0.05, 0) is 18.2 Å². The van der Waals surface area contributed by atoms with Crippen LogP contribution in [0.3, 0.4) is 0 Å². The predicted octanol–water partition coefficient (Wildman–Crippen LogP) is -0.265. The van der Waals surface area contributed by atoms with Crippen LogP contribution in [-0.4, -0.2) is 33.8 Å². The number of nitrogens with two attached hydrogens (primary N) is 2. The van der Waals surface area contributed by atoms with Crippen LogP contribution < -0.4 is 11.5 Å². The van der Waals surface area contributed by atoms with Gasteiger partial charge in [-0.15, -0.1) is 5.10 Å². The van der Waals surface area contributed by atoms with Crippen molar-refractivity contribution in [1.82, 2.24) is 14.8 Å². The molecule has 0 atom stereocenters. The van der Waals surface area contributed by atoms with Crippen LogP contribution in [0.15, 0.2) is 24.5 Å². The van der Waals surface area contributed by atoms with Crippen LogP contribution in [0.25, 0.3) is 5.69 Å². The lowest BCUT2D eigenvalue weighted by molar-refractivity contribution is 0.0586. The van der Waals surface area contributed by atoms with Crippen LogP contribution in [-0.2, 0) is 4.74 Å². The van der Waals surface area contributed by atoms with Gasteiger partial charge < -0.3 is 16.2 Å². The first-order valence-electron chi connectivity index (χ1n) is 5.22. The van der Waals surface area contributed by atoms with Crippen LogP contribution >= 0.6 is 0 Å². The molecule has 8 heteroatoms. The highest BCUT2D eigenvalue weighted by atomic mass is 16.5. The fraction of sp³-hybridized carbons (Fsp3) is 0.0909. The SMILES string of the molecule is COC(=O)c1ncn(-c2cc(C(N)=O)ccc2N)n1. The molecule has 0 bridgehead atoms. The van der Waals surface area contributed by atoms with Gasteiger partial charge >= 0.3 is 5.97 Å². The highest BCUT2D eigenvalue weighted by Gasteiger charge is 2.14. The summed E-state index contributed by atoms with van der Waals surface area (Å²) in [5.41, 5.74) is 12.0. The number of amides is 1. The second kappa shape index (κ2) is 4.77. The van der Waals surface area contributed by atoms with E-state index in [0.29, 0.717) is 11.4 Å². The maximum absolute atomic E-state index is 11.3. The molecule has 1 aromatic heterocycles. The van der Waals surface area contributed by atoms with Crippen molar-refractivity contribution in [3.8, 4) is 5.69 Å². The summed E-state index contributed by atoms with van der Waals surface area (Å²) >= 11 is 0. The molecular formula is C11H11N5O3. The Balaban J connectivity index is 2.46. The summed E-state index contributed by atoms with van der Waals surface area (Å²) in [6.45, 7) is 0. The van der Waals surface area contributed by atoms with E-state index in [0.717, 1.165) is 0 Å². The zero-order valence-electron chi connectivity index (χ0n) is 10.0. The standard InChI is InChI=1S/C11H11N5O3/c1-19-11(18)10-14-5-16(15-10)8-4-6(9(13)17)2-3-7(8)12/h2-5H,12H2,1H3,(H2,13,17). The number of primary amides is 1. The summed E-state index contributed by atoms with van der Waals surface area (Å²) in [7, 11) is 1.23. The molecule has 1 aromatic carbocycles. The fourth-order valence-corrected chi connectivity index (χ4v) is 1.46. The van der Waals surface area contributed by atoms with Crippen LogP contribution in [0, 0.1) is 0 Å². The van der Waals surface area contributed by atoms with Crippen molar-refractivity contribution in [2.45, 2.75) is 0 Å². The summed E-state index contributed by atoms with van der Waals surface area (Å²) in [4.78, 5) is 26.2. The average Bonchev–Trinajstić information content (AvgIpc) is 2.87. The highest BCUT2D eigenvalue weighted by Crippen LogP contribution is 2.18. The van der Waals surface area contributed by atoms with Crippen molar-refractivity contribution in [1.29, 1.82) is 0 Å². The minimum absolute atomic E-state index is 0.105. The number of esters is 1. The quantitative estimate of drug-likeness (QED) is 0.578. The average molecular weight is 261 g/mol. The maximum atomic E-state index is 11.3. The lowest BCUT2D eigenvalue weighted by atomic mass is 10.1. The van der Waals surface area contributed by atoms with E-state index in [2.05, 4.69) is 14.8 Å². The van der Waals surface area contributed by atoms with Crippen molar-refractivity contribution in [3.63, 3.8) is 0 Å². The number of nitrogens with zero attached hydrogens (tertiary/aromatic N) is 3. The minimum atomic E-state index is -0.664. The number of nitrogen functional groups attached to an aromatic ring is 1. The zero-order chi connectivity index (χ0) is 14.0. The van der Waals surface area contributed by atoms with Gasteiger partial charge in [-0.2, -0.15) is 0 Å². The van der Waals surface area contributed by atoms with Crippen molar-refractivity contribution < 1.29 is 14.3 Å². The Hall–Kier alpha value is -2.90. The number of hydrogen-bond acceptors (Lipinski definition) is 6. The topological polar surface area (TPSA) is 126 Å². The van der Waals surface area contributed by atoms with Gasteiger partial charge in [-0.1, -0.05) is 0 Å². The maximum Gasteiger partial charge on any atom is 0.377 e. The number of ether oxygens (including phenoxy) is 1. The van der Waals surface area contributed by atoms with E-state index in [1.165, 1.54) is 36.3 Å². The molecule has 0 fully saturated rings. The van der Waals surface area contributed by atoms with E-state index in [9.17, 15) is 9.59 Å². The molecule has 0 aliphatic rings. The monoisotopic (exact) mass is 261 g/mol. The normalized spacial score (nSPS) is 10.2. The van der Waals surface area contributed by atoms with Gasteiger partial charge in [0.15, 0.2) is 0 Å². The van der Waals surface area contributed by atoms with E-state index < -0.39 is 11.9 Å². The third-order valence-corrected chi connectivity index (χ3v) is 2.42. The van der Waals surface area contributed by atoms with E-state index in [1.54, 1.807) is 0 Å². The summed E-state index contributed by atoms with van der Waals surface area (Å²) in [6.07, 6.45) is 1.29. The van der Waals surface area contributed by atoms with Gasteiger partial charge in [0.2, 0.25) is 5.91 Å². The molecule has 2 rings (SSSR count). The lowest BCUT2D eigenvalue weighted by Crippen LogP contribution is -2.12. The highest BCUT2D eigenvalue weighted by molar-refractivity contribution is 5.94. The van der Waals surface area contributed by atoms with Crippen molar-refractivity contribution >= 4 is 17.6 Å². The molecule has 1 heterocycles. The molecule has 19 heavy (non-hydrogen) atoms. The smallest absolute Gasteiger partial charge is 0.377 e. The Bertz CT molecular complexity index is 650. The molecule has 0 radical (unpaired) electrons. The summed E-state index contributed by atoms with van der Waals surface area (Å²) in [5.74, 6) is -1.36. The van der Waals surface area contributed by atoms with Crippen molar-refractivity contribution in [3.05, 3.63) is 35.9 Å². The molecule has 0 aliphatic carbocycles. The van der Waals surface area contributed by atoms with Gasteiger partial charge in [-0.3, -0.25) is 4.79 Å². The molecule has 0 saturated carbocycles. The number of carbonyl (C=O) groups is 2. The number of rotatable bonds is 3. The Morgan fingerprint density at radius 3 is 2.74 bits per heavy atom. The molecule has 0 saturated heterocycles. The van der Waals surface area contributed by atoms with Gasteiger partial charge in [0.05, 0.1) is 18.5 Å². The lowest BCUT2D eigenvalue weighted by Gasteiger charge is -2.06. The van der Waals surface area contributed by atoms with E-state index in [-0.39, 0.29) is 11.4 Å². The van der Waals surface area contributed by atoms with Crippen molar-refractivity contribution in [2.24, 2.45) is 5.73 Å². The van der Waals surface area contributed by atoms with Crippen LogP contribution in [0.1, 0.15) is 21.0 Å². The third-order valence-electron chi connectivity index (χ3n) is 2.42. The second-order valence-electron chi connectivity index (χ2n) is 3.64. The number of aromatic nitrogens is 3. The summed E-state index contributed by atoms with van der Waals surface area (Å²) < 4.78 is 5.77. The number of hydrogen-bond donors (Lipinski definition) is 2. The molecule has 98 valence electrons. The Morgan fingerprint density at radius 2 is 2.11 bits per heavy atom. The van der Waals surface area contributed by atoms with Crippen LogP contribution in [0.5, 0.6) is 0 Å². The third kappa shape index (κ3) is 2.37. The van der Waals surface area contributed by atoms with Crippen LogP contribution in [0.4, 0.5) is 5.69 Å². The zero-order valence-corrected chi connectivity index (χ0v) is 10.0. The second-order valence-corrected chi connectivity index (χ2v) is 3.64. The molecule has 0 aliphatic heterocycles. The van der Waals surface area contributed by atoms with E-state index in [4.69, 9.17) is 11.5 Å².